The maximum absolute atomic E-state index is 5.11. The maximum atomic E-state index is 5.11. The standard InChI is InChI=1S/C45H32N4/c1-3-12-31(13-4-1)33-22-24-34(25-23-33)43-46-44(48-45(47-43)37-17-11-16-36(30-37)32-14-5-2-6-15-32)35-26-28-38(29-27-35)49-41-20-9-7-18-39(41)40-19-8-10-21-42(40)49/h1-10,12-16,18-30H,11,17H2. The molecule has 1 aliphatic carbocycles. The minimum Gasteiger partial charge on any atom is -0.309 e. The number of para-hydroxylation sites is 2. The van der Waals surface area contributed by atoms with Gasteiger partial charge in [-0.2, -0.15) is 0 Å². The third-order valence-corrected chi connectivity index (χ3v) is 9.35. The maximum Gasteiger partial charge on any atom is 0.164 e. The molecule has 1 aliphatic rings. The lowest BCUT2D eigenvalue weighted by Gasteiger charge is -2.15. The van der Waals surface area contributed by atoms with Crippen molar-refractivity contribution in [1.29, 1.82) is 0 Å². The van der Waals surface area contributed by atoms with Crippen LogP contribution in [-0.2, 0) is 0 Å². The van der Waals surface area contributed by atoms with E-state index in [1.54, 1.807) is 0 Å². The normalized spacial score (nSPS) is 13.0. The van der Waals surface area contributed by atoms with E-state index in [4.69, 9.17) is 15.0 Å². The molecule has 8 aromatic rings. The van der Waals surface area contributed by atoms with Crippen LogP contribution in [0.5, 0.6) is 0 Å². The summed E-state index contributed by atoms with van der Waals surface area (Å²) < 4.78 is 2.33. The van der Waals surface area contributed by atoms with Gasteiger partial charge in [0, 0.05) is 27.6 Å². The van der Waals surface area contributed by atoms with Crippen molar-refractivity contribution in [3.05, 3.63) is 181 Å². The highest BCUT2D eigenvalue weighted by Gasteiger charge is 2.18. The number of nitrogens with zero attached hydrogens (tertiary/aromatic N) is 4. The van der Waals surface area contributed by atoms with Crippen LogP contribution in [0, 0.1) is 0 Å². The summed E-state index contributed by atoms with van der Waals surface area (Å²) in [6.07, 6.45) is 6.35. The van der Waals surface area contributed by atoms with Crippen LogP contribution in [0.1, 0.15) is 24.2 Å². The van der Waals surface area contributed by atoms with Crippen molar-refractivity contribution >= 4 is 33.0 Å². The summed E-state index contributed by atoms with van der Waals surface area (Å²) in [4.78, 5) is 15.3. The van der Waals surface area contributed by atoms with Gasteiger partial charge in [0.25, 0.3) is 0 Å². The quantitative estimate of drug-likeness (QED) is 0.184. The second-order valence-electron chi connectivity index (χ2n) is 12.4. The van der Waals surface area contributed by atoms with E-state index in [1.807, 2.05) is 6.07 Å². The molecular weight excluding hydrogens is 597 g/mol. The SMILES string of the molecule is C1=C(c2ccccc2)C=C(c2nc(-c3ccc(-c4ccccc4)cc3)nc(-c3ccc(-n4c5ccccc5c5ccccc54)cc3)n2)CC1. The lowest BCUT2D eigenvalue weighted by atomic mass is 9.94. The first-order valence-corrected chi connectivity index (χ1v) is 16.8. The Morgan fingerprint density at radius 1 is 0.408 bits per heavy atom. The topological polar surface area (TPSA) is 43.6 Å². The number of aromatic nitrogens is 4. The average Bonchev–Trinajstić information content (AvgIpc) is 3.53. The van der Waals surface area contributed by atoms with Gasteiger partial charge in [-0.3, -0.25) is 0 Å². The molecular formula is C45H32N4. The number of benzene rings is 6. The Balaban J connectivity index is 1.14. The Hall–Kier alpha value is -6.39. The highest BCUT2D eigenvalue weighted by molar-refractivity contribution is 6.09. The summed E-state index contributed by atoms with van der Waals surface area (Å²) in [6.45, 7) is 0. The lowest BCUT2D eigenvalue weighted by Crippen LogP contribution is -2.04. The van der Waals surface area contributed by atoms with E-state index in [-0.39, 0.29) is 0 Å². The van der Waals surface area contributed by atoms with E-state index in [0.717, 1.165) is 46.6 Å². The van der Waals surface area contributed by atoms with E-state index in [9.17, 15) is 0 Å². The van der Waals surface area contributed by atoms with Crippen molar-refractivity contribution in [3.8, 4) is 39.6 Å². The second kappa shape index (κ2) is 12.3. The van der Waals surface area contributed by atoms with E-state index >= 15 is 0 Å². The minimum absolute atomic E-state index is 0.664. The number of rotatable bonds is 6. The third-order valence-electron chi connectivity index (χ3n) is 9.35. The molecule has 0 N–H and O–H groups in total. The Kier molecular flexibility index (Phi) is 7.25. The fraction of sp³-hybridized carbons (Fsp3) is 0.0444. The van der Waals surface area contributed by atoms with Gasteiger partial charge in [-0.15, -0.1) is 0 Å². The molecule has 0 spiro atoms. The van der Waals surface area contributed by atoms with Crippen molar-refractivity contribution in [2.45, 2.75) is 12.8 Å². The molecule has 0 radical (unpaired) electrons. The first-order chi connectivity index (χ1) is 24.3. The van der Waals surface area contributed by atoms with Gasteiger partial charge >= 0.3 is 0 Å². The van der Waals surface area contributed by atoms with Crippen LogP contribution in [0.4, 0.5) is 0 Å². The fourth-order valence-corrected chi connectivity index (χ4v) is 6.89. The predicted octanol–water partition coefficient (Wildman–Crippen LogP) is 11.2. The Bertz CT molecular complexity index is 2450. The Morgan fingerprint density at radius 2 is 0.878 bits per heavy atom. The van der Waals surface area contributed by atoms with Crippen molar-refractivity contribution in [1.82, 2.24) is 19.5 Å². The molecule has 0 atom stereocenters. The first kappa shape index (κ1) is 28.8. The zero-order valence-corrected chi connectivity index (χ0v) is 26.9. The van der Waals surface area contributed by atoms with Gasteiger partial charge in [-0.1, -0.05) is 127 Å². The molecule has 0 aliphatic heterocycles. The van der Waals surface area contributed by atoms with Crippen LogP contribution in [0.3, 0.4) is 0 Å². The number of hydrogen-bond acceptors (Lipinski definition) is 3. The lowest BCUT2D eigenvalue weighted by molar-refractivity contribution is 0.979. The summed E-state index contributed by atoms with van der Waals surface area (Å²) in [5.41, 5.74) is 11.2. The average molecular weight is 629 g/mol. The summed E-state index contributed by atoms with van der Waals surface area (Å²) in [5.74, 6) is 2.06. The number of allylic oxidation sites excluding steroid dienone is 4. The highest BCUT2D eigenvalue weighted by Crippen LogP contribution is 2.34. The molecule has 232 valence electrons. The smallest absolute Gasteiger partial charge is 0.164 e. The van der Waals surface area contributed by atoms with Gasteiger partial charge < -0.3 is 4.57 Å². The van der Waals surface area contributed by atoms with Crippen LogP contribution in [-0.4, -0.2) is 19.5 Å². The Labute approximate surface area is 285 Å². The second-order valence-corrected chi connectivity index (χ2v) is 12.4. The molecule has 0 unspecified atom stereocenters. The van der Waals surface area contributed by atoms with E-state index < -0.39 is 0 Å². The molecule has 0 saturated heterocycles. The van der Waals surface area contributed by atoms with Gasteiger partial charge in [-0.05, 0) is 83.2 Å². The highest BCUT2D eigenvalue weighted by atomic mass is 15.0. The zero-order valence-electron chi connectivity index (χ0n) is 26.9. The molecule has 2 heterocycles. The van der Waals surface area contributed by atoms with Gasteiger partial charge in [-0.25, -0.2) is 15.0 Å². The number of fused-ring (bicyclic) bond motifs is 3. The molecule has 4 heteroatoms. The van der Waals surface area contributed by atoms with Gasteiger partial charge in [0.2, 0.25) is 0 Å². The van der Waals surface area contributed by atoms with Crippen molar-refractivity contribution in [2.75, 3.05) is 0 Å². The molecule has 49 heavy (non-hydrogen) atoms. The molecule has 9 rings (SSSR count). The number of hydrogen-bond donors (Lipinski definition) is 0. The first-order valence-electron chi connectivity index (χ1n) is 16.8. The monoisotopic (exact) mass is 628 g/mol. The van der Waals surface area contributed by atoms with E-state index in [2.05, 4.69) is 168 Å². The van der Waals surface area contributed by atoms with Crippen molar-refractivity contribution < 1.29 is 0 Å². The summed E-state index contributed by atoms with van der Waals surface area (Å²) in [5, 5.41) is 2.49. The Morgan fingerprint density at radius 3 is 1.49 bits per heavy atom. The molecule has 2 aromatic heterocycles. The third kappa shape index (κ3) is 5.43. The summed E-state index contributed by atoms with van der Waals surface area (Å²) in [6, 6.07) is 55.2. The largest absolute Gasteiger partial charge is 0.309 e. The zero-order chi connectivity index (χ0) is 32.6. The van der Waals surface area contributed by atoms with Crippen molar-refractivity contribution in [2.24, 2.45) is 0 Å². The molecule has 0 saturated carbocycles. The minimum atomic E-state index is 0.664. The summed E-state index contributed by atoms with van der Waals surface area (Å²) in [7, 11) is 0. The fourth-order valence-electron chi connectivity index (χ4n) is 6.89. The van der Waals surface area contributed by atoms with E-state index in [1.165, 1.54) is 38.5 Å². The van der Waals surface area contributed by atoms with E-state index in [0.29, 0.717) is 11.6 Å². The van der Waals surface area contributed by atoms with Gasteiger partial charge in [0.1, 0.15) is 0 Å². The predicted molar refractivity (Wildman–Crippen MR) is 202 cm³/mol. The van der Waals surface area contributed by atoms with Crippen LogP contribution in [0.15, 0.2) is 170 Å². The summed E-state index contributed by atoms with van der Waals surface area (Å²) >= 11 is 0. The molecule has 0 bridgehead atoms. The molecule has 0 amide bonds. The van der Waals surface area contributed by atoms with Gasteiger partial charge in [0.15, 0.2) is 17.5 Å². The van der Waals surface area contributed by atoms with Gasteiger partial charge in [0.05, 0.1) is 11.0 Å². The molecule has 0 fully saturated rings. The van der Waals surface area contributed by atoms with Crippen molar-refractivity contribution in [3.63, 3.8) is 0 Å². The van der Waals surface area contributed by atoms with Crippen LogP contribution >= 0.6 is 0 Å². The molecule has 4 nitrogen and oxygen atoms in total. The molecule has 6 aromatic carbocycles. The van der Waals surface area contributed by atoms with Crippen LogP contribution < -0.4 is 0 Å². The van der Waals surface area contributed by atoms with Crippen LogP contribution in [0.2, 0.25) is 0 Å². The van der Waals surface area contributed by atoms with Crippen LogP contribution in [0.25, 0.3) is 72.5 Å².